The SMILES string of the molecule is CCOc1ccccc1C(=O)Sc1cccc2cccnc12. The minimum atomic E-state index is -0.0396. The number of para-hydroxylation sites is 2. The van der Waals surface area contributed by atoms with Crippen molar-refractivity contribution in [1.82, 2.24) is 4.98 Å². The van der Waals surface area contributed by atoms with Crippen LogP contribution in [-0.2, 0) is 0 Å². The summed E-state index contributed by atoms with van der Waals surface area (Å²) in [5, 5.41) is 0.987. The summed E-state index contributed by atoms with van der Waals surface area (Å²) in [5.41, 5.74) is 1.43. The minimum absolute atomic E-state index is 0.0396. The molecular weight excluding hydrogens is 294 g/mol. The summed E-state index contributed by atoms with van der Waals surface area (Å²) >= 11 is 1.18. The van der Waals surface area contributed by atoms with Crippen LogP contribution >= 0.6 is 11.8 Å². The smallest absolute Gasteiger partial charge is 0.227 e. The van der Waals surface area contributed by atoms with Crippen molar-refractivity contribution in [3.8, 4) is 5.75 Å². The van der Waals surface area contributed by atoms with Crippen molar-refractivity contribution in [3.63, 3.8) is 0 Å². The van der Waals surface area contributed by atoms with E-state index in [9.17, 15) is 4.79 Å². The summed E-state index contributed by atoms with van der Waals surface area (Å²) in [4.78, 5) is 17.8. The average Bonchev–Trinajstić information content (AvgIpc) is 2.56. The van der Waals surface area contributed by atoms with Gasteiger partial charge in [-0.25, -0.2) is 0 Å². The predicted molar refractivity (Wildman–Crippen MR) is 89.5 cm³/mol. The molecule has 0 amide bonds. The van der Waals surface area contributed by atoms with Crippen molar-refractivity contribution >= 4 is 27.8 Å². The van der Waals surface area contributed by atoms with Gasteiger partial charge in [0, 0.05) is 16.5 Å². The van der Waals surface area contributed by atoms with Gasteiger partial charge in [-0.05, 0) is 43.0 Å². The largest absolute Gasteiger partial charge is 0.493 e. The van der Waals surface area contributed by atoms with Crippen LogP contribution < -0.4 is 4.74 Å². The summed E-state index contributed by atoms with van der Waals surface area (Å²) in [7, 11) is 0. The van der Waals surface area contributed by atoms with Crippen LogP contribution in [0.4, 0.5) is 0 Å². The fraction of sp³-hybridized carbons (Fsp3) is 0.111. The van der Waals surface area contributed by atoms with Crippen LogP contribution in [0.1, 0.15) is 17.3 Å². The van der Waals surface area contributed by atoms with E-state index >= 15 is 0 Å². The zero-order chi connectivity index (χ0) is 15.4. The van der Waals surface area contributed by atoms with E-state index in [4.69, 9.17) is 4.74 Å². The Morgan fingerprint density at radius 3 is 2.77 bits per heavy atom. The Kier molecular flexibility index (Phi) is 4.39. The van der Waals surface area contributed by atoms with Crippen molar-refractivity contribution in [2.75, 3.05) is 6.61 Å². The van der Waals surface area contributed by atoms with Crippen molar-refractivity contribution in [2.24, 2.45) is 0 Å². The molecule has 0 fully saturated rings. The molecule has 4 heteroatoms. The molecule has 22 heavy (non-hydrogen) atoms. The van der Waals surface area contributed by atoms with Crippen LogP contribution in [0.2, 0.25) is 0 Å². The molecule has 0 N–H and O–H groups in total. The lowest BCUT2D eigenvalue weighted by Gasteiger charge is -2.09. The number of pyridine rings is 1. The molecule has 3 nitrogen and oxygen atoms in total. The topological polar surface area (TPSA) is 39.2 Å². The number of nitrogens with zero attached hydrogens (tertiary/aromatic N) is 1. The van der Waals surface area contributed by atoms with Gasteiger partial charge in [-0.15, -0.1) is 0 Å². The van der Waals surface area contributed by atoms with Gasteiger partial charge in [0.2, 0.25) is 5.12 Å². The second-order valence-corrected chi connectivity index (χ2v) is 5.66. The van der Waals surface area contributed by atoms with Gasteiger partial charge < -0.3 is 4.74 Å². The highest BCUT2D eigenvalue weighted by Crippen LogP contribution is 2.31. The molecule has 0 atom stereocenters. The molecule has 2 aromatic carbocycles. The molecule has 0 aliphatic rings. The van der Waals surface area contributed by atoms with Crippen molar-refractivity contribution in [2.45, 2.75) is 11.8 Å². The second-order valence-electron chi connectivity index (χ2n) is 4.65. The Hall–Kier alpha value is -2.33. The first-order chi connectivity index (χ1) is 10.8. The molecular formula is C18H15NO2S. The van der Waals surface area contributed by atoms with Crippen molar-refractivity contribution in [3.05, 3.63) is 66.4 Å². The first-order valence-electron chi connectivity index (χ1n) is 7.07. The summed E-state index contributed by atoms with van der Waals surface area (Å²) in [6.07, 6.45) is 1.74. The van der Waals surface area contributed by atoms with Gasteiger partial charge >= 0.3 is 0 Å². The van der Waals surface area contributed by atoms with Crippen LogP contribution in [0.3, 0.4) is 0 Å². The fourth-order valence-electron chi connectivity index (χ4n) is 2.23. The maximum absolute atomic E-state index is 12.6. The molecule has 0 saturated carbocycles. The number of ether oxygens (including phenoxy) is 1. The van der Waals surface area contributed by atoms with Crippen LogP contribution in [0.25, 0.3) is 10.9 Å². The highest BCUT2D eigenvalue weighted by atomic mass is 32.2. The molecule has 0 saturated heterocycles. The van der Waals surface area contributed by atoms with E-state index < -0.39 is 0 Å². The quantitative estimate of drug-likeness (QED) is 0.662. The van der Waals surface area contributed by atoms with E-state index in [-0.39, 0.29) is 5.12 Å². The number of aromatic nitrogens is 1. The maximum Gasteiger partial charge on any atom is 0.227 e. The van der Waals surface area contributed by atoms with Crippen LogP contribution in [-0.4, -0.2) is 16.7 Å². The van der Waals surface area contributed by atoms with Crippen LogP contribution in [0, 0.1) is 0 Å². The lowest BCUT2D eigenvalue weighted by molar-refractivity contribution is 0.108. The standard InChI is InChI=1S/C18H15NO2S/c1-2-21-15-10-4-3-9-14(15)18(20)22-16-11-5-7-13-8-6-12-19-17(13)16/h3-12H,2H2,1H3. The average molecular weight is 309 g/mol. The molecule has 0 aliphatic heterocycles. The number of fused-ring (bicyclic) bond motifs is 1. The predicted octanol–water partition coefficient (Wildman–Crippen LogP) is 4.57. The third-order valence-corrected chi connectivity index (χ3v) is 4.16. The molecule has 0 bridgehead atoms. The van der Waals surface area contributed by atoms with E-state index in [2.05, 4.69) is 4.98 Å². The molecule has 3 aromatic rings. The van der Waals surface area contributed by atoms with E-state index in [1.165, 1.54) is 11.8 Å². The fourth-order valence-corrected chi connectivity index (χ4v) is 3.12. The van der Waals surface area contributed by atoms with Gasteiger partial charge in [0.25, 0.3) is 0 Å². The van der Waals surface area contributed by atoms with E-state index in [1.54, 1.807) is 12.3 Å². The number of rotatable bonds is 4. The van der Waals surface area contributed by atoms with E-state index in [1.807, 2.05) is 55.5 Å². The van der Waals surface area contributed by atoms with E-state index in [0.29, 0.717) is 17.9 Å². The Balaban J connectivity index is 1.94. The zero-order valence-electron chi connectivity index (χ0n) is 12.2. The lowest BCUT2D eigenvalue weighted by Crippen LogP contribution is -2.00. The summed E-state index contributed by atoms with van der Waals surface area (Å²) in [6, 6.07) is 17.1. The molecule has 0 aliphatic carbocycles. The number of hydrogen-bond acceptors (Lipinski definition) is 4. The zero-order valence-corrected chi connectivity index (χ0v) is 13.0. The second kappa shape index (κ2) is 6.62. The Morgan fingerprint density at radius 1 is 1.09 bits per heavy atom. The lowest BCUT2D eigenvalue weighted by atomic mass is 10.2. The van der Waals surface area contributed by atoms with Gasteiger partial charge in [-0.3, -0.25) is 9.78 Å². The number of carbonyl (C=O) groups is 1. The maximum atomic E-state index is 12.6. The molecule has 0 unspecified atom stereocenters. The van der Waals surface area contributed by atoms with Gasteiger partial charge in [0.15, 0.2) is 0 Å². The Bertz CT molecular complexity index is 812. The third-order valence-electron chi connectivity index (χ3n) is 3.21. The normalized spacial score (nSPS) is 10.6. The minimum Gasteiger partial charge on any atom is -0.493 e. The summed E-state index contributed by atoms with van der Waals surface area (Å²) < 4.78 is 5.53. The van der Waals surface area contributed by atoms with Gasteiger partial charge in [-0.1, -0.05) is 30.3 Å². The number of hydrogen-bond donors (Lipinski definition) is 0. The molecule has 0 radical (unpaired) electrons. The molecule has 0 spiro atoms. The summed E-state index contributed by atoms with van der Waals surface area (Å²) in [5.74, 6) is 0.621. The van der Waals surface area contributed by atoms with Crippen molar-refractivity contribution < 1.29 is 9.53 Å². The first kappa shape index (κ1) is 14.6. The van der Waals surface area contributed by atoms with Gasteiger partial charge in [-0.2, -0.15) is 0 Å². The highest BCUT2D eigenvalue weighted by Gasteiger charge is 2.15. The number of carbonyl (C=O) groups excluding carboxylic acids is 1. The van der Waals surface area contributed by atoms with Crippen molar-refractivity contribution in [1.29, 1.82) is 0 Å². The molecule has 1 heterocycles. The molecule has 110 valence electrons. The monoisotopic (exact) mass is 309 g/mol. The van der Waals surface area contributed by atoms with Gasteiger partial charge in [0.05, 0.1) is 17.7 Å². The van der Waals surface area contributed by atoms with Crippen LogP contribution in [0.5, 0.6) is 5.75 Å². The molecule has 1 aromatic heterocycles. The number of thioether (sulfide) groups is 1. The molecule has 3 rings (SSSR count). The van der Waals surface area contributed by atoms with Gasteiger partial charge in [0.1, 0.15) is 5.75 Å². The third kappa shape index (κ3) is 2.97. The van der Waals surface area contributed by atoms with E-state index in [0.717, 1.165) is 15.8 Å². The number of benzene rings is 2. The highest BCUT2D eigenvalue weighted by molar-refractivity contribution is 8.14. The first-order valence-corrected chi connectivity index (χ1v) is 7.89. The summed E-state index contributed by atoms with van der Waals surface area (Å²) in [6.45, 7) is 2.44. The Labute approximate surface area is 133 Å². The Morgan fingerprint density at radius 2 is 1.91 bits per heavy atom. The van der Waals surface area contributed by atoms with Crippen LogP contribution in [0.15, 0.2) is 65.7 Å².